The summed E-state index contributed by atoms with van der Waals surface area (Å²) in [7, 11) is 1.97. The van der Waals surface area contributed by atoms with E-state index in [0.717, 1.165) is 36.9 Å². The lowest BCUT2D eigenvalue weighted by Crippen LogP contribution is -2.43. The standard InChI is InChI=1S/C15H22ClNO2/c1-10(18)11-7-8-13(12(16)9-11)17(2)14-5-3-4-6-15(14)19/h7-10,14-15,18-19H,3-6H2,1-2H3/t10-,14?,15?/m0/s1. The number of hydrogen-bond acceptors (Lipinski definition) is 3. The highest BCUT2D eigenvalue weighted by Crippen LogP contribution is 2.33. The van der Waals surface area contributed by atoms with Crippen molar-refractivity contribution < 1.29 is 10.2 Å². The van der Waals surface area contributed by atoms with Crippen LogP contribution in [0.3, 0.4) is 0 Å². The fourth-order valence-corrected chi connectivity index (χ4v) is 3.11. The molecule has 2 unspecified atom stereocenters. The summed E-state index contributed by atoms with van der Waals surface area (Å²) in [6.07, 6.45) is 3.29. The van der Waals surface area contributed by atoms with E-state index in [1.54, 1.807) is 13.0 Å². The molecule has 2 rings (SSSR count). The van der Waals surface area contributed by atoms with Crippen molar-refractivity contribution in [3.63, 3.8) is 0 Å². The van der Waals surface area contributed by atoms with Crippen LogP contribution in [0.5, 0.6) is 0 Å². The van der Waals surface area contributed by atoms with Crippen molar-refractivity contribution in [2.45, 2.75) is 50.9 Å². The molecule has 0 bridgehead atoms. The van der Waals surface area contributed by atoms with Crippen molar-refractivity contribution >= 4 is 17.3 Å². The summed E-state index contributed by atoms with van der Waals surface area (Å²) in [4.78, 5) is 2.07. The Kier molecular flexibility index (Phi) is 4.71. The molecule has 4 heteroatoms. The van der Waals surface area contributed by atoms with E-state index in [9.17, 15) is 10.2 Å². The zero-order valence-corrected chi connectivity index (χ0v) is 12.3. The maximum absolute atomic E-state index is 10.1. The van der Waals surface area contributed by atoms with Crippen molar-refractivity contribution in [2.24, 2.45) is 0 Å². The van der Waals surface area contributed by atoms with Gasteiger partial charge in [-0.2, -0.15) is 0 Å². The van der Waals surface area contributed by atoms with E-state index >= 15 is 0 Å². The molecule has 1 aromatic rings. The van der Waals surface area contributed by atoms with E-state index in [2.05, 4.69) is 4.90 Å². The van der Waals surface area contributed by atoms with Gasteiger partial charge in [0.05, 0.1) is 29.0 Å². The van der Waals surface area contributed by atoms with Crippen LogP contribution in [-0.2, 0) is 0 Å². The third-order valence-electron chi connectivity index (χ3n) is 4.03. The Hall–Kier alpha value is -0.770. The molecule has 0 spiro atoms. The van der Waals surface area contributed by atoms with Gasteiger partial charge in [-0.05, 0) is 37.5 Å². The van der Waals surface area contributed by atoms with Gasteiger partial charge >= 0.3 is 0 Å². The highest BCUT2D eigenvalue weighted by molar-refractivity contribution is 6.33. The predicted octanol–water partition coefficient (Wildman–Crippen LogP) is 3.13. The summed E-state index contributed by atoms with van der Waals surface area (Å²) < 4.78 is 0. The minimum atomic E-state index is -0.517. The molecule has 2 N–H and O–H groups in total. The zero-order valence-electron chi connectivity index (χ0n) is 11.5. The molecule has 106 valence electrons. The average molecular weight is 284 g/mol. The molecule has 1 aliphatic carbocycles. The van der Waals surface area contributed by atoms with Gasteiger partial charge in [0.2, 0.25) is 0 Å². The SMILES string of the molecule is C[C@H](O)c1ccc(N(C)C2CCCCC2O)c(Cl)c1. The third-order valence-corrected chi connectivity index (χ3v) is 4.33. The first-order valence-electron chi connectivity index (χ1n) is 6.89. The number of aliphatic hydroxyl groups is 2. The Labute approximate surface area is 119 Å². The van der Waals surface area contributed by atoms with Gasteiger partial charge in [-0.15, -0.1) is 0 Å². The van der Waals surface area contributed by atoms with E-state index in [1.807, 2.05) is 19.2 Å². The highest BCUT2D eigenvalue weighted by atomic mass is 35.5. The number of likely N-dealkylation sites (N-methyl/N-ethyl adjacent to an activating group) is 1. The largest absolute Gasteiger partial charge is 0.391 e. The van der Waals surface area contributed by atoms with Crippen LogP contribution in [0.25, 0.3) is 0 Å². The third kappa shape index (κ3) is 3.22. The summed E-state index contributed by atoms with van der Waals surface area (Å²) in [5.74, 6) is 0. The normalized spacial score (nSPS) is 25.1. The quantitative estimate of drug-likeness (QED) is 0.896. The predicted molar refractivity (Wildman–Crippen MR) is 78.8 cm³/mol. The number of benzene rings is 1. The maximum atomic E-state index is 10.1. The number of rotatable bonds is 3. The zero-order chi connectivity index (χ0) is 14.0. The first kappa shape index (κ1) is 14.6. The molecule has 0 heterocycles. The fourth-order valence-electron chi connectivity index (χ4n) is 2.79. The molecule has 1 saturated carbocycles. The van der Waals surface area contributed by atoms with E-state index < -0.39 is 6.10 Å². The molecule has 0 saturated heterocycles. The van der Waals surface area contributed by atoms with E-state index in [0.29, 0.717) is 5.02 Å². The average Bonchev–Trinajstić information content (AvgIpc) is 2.38. The van der Waals surface area contributed by atoms with Crippen LogP contribution >= 0.6 is 11.6 Å². The molecule has 3 nitrogen and oxygen atoms in total. The first-order chi connectivity index (χ1) is 9.00. The molecule has 19 heavy (non-hydrogen) atoms. The Morgan fingerprint density at radius 1 is 1.32 bits per heavy atom. The molecule has 3 atom stereocenters. The highest BCUT2D eigenvalue weighted by Gasteiger charge is 2.27. The second-order valence-corrected chi connectivity index (χ2v) is 5.82. The van der Waals surface area contributed by atoms with Crippen molar-refractivity contribution in [3.05, 3.63) is 28.8 Å². The van der Waals surface area contributed by atoms with Crippen LogP contribution in [0.2, 0.25) is 5.02 Å². The Morgan fingerprint density at radius 3 is 2.58 bits per heavy atom. The lowest BCUT2D eigenvalue weighted by Gasteiger charge is -2.37. The van der Waals surface area contributed by atoms with Crippen LogP contribution < -0.4 is 4.90 Å². The van der Waals surface area contributed by atoms with Crippen molar-refractivity contribution in [1.82, 2.24) is 0 Å². The maximum Gasteiger partial charge on any atom is 0.0762 e. The number of aliphatic hydroxyl groups excluding tert-OH is 2. The Morgan fingerprint density at radius 2 is 2.00 bits per heavy atom. The van der Waals surface area contributed by atoms with Crippen molar-refractivity contribution in [3.8, 4) is 0 Å². The van der Waals surface area contributed by atoms with Gasteiger partial charge in [-0.25, -0.2) is 0 Å². The second kappa shape index (κ2) is 6.12. The topological polar surface area (TPSA) is 43.7 Å². The van der Waals surface area contributed by atoms with Crippen LogP contribution in [0.4, 0.5) is 5.69 Å². The molecule has 1 aromatic carbocycles. The molecular weight excluding hydrogens is 262 g/mol. The number of hydrogen-bond donors (Lipinski definition) is 2. The second-order valence-electron chi connectivity index (χ2n) is 5.42. The minimum Gasteiger partial charge on any atom is -0.391 e. The number of halogens is 1. The fraction of sp³-hybridized carbons (Fsp3) is 0.600. The minimum absolute atomic E-state index is 0.128. The summed E-state index contributed by atoms with van der Waals surface area (Å²) in [5.41, 5.74) is 1.73. The van der Waals surface area contributed by atoms with Crippen molar-refractivity contribution in [1.29, 1.82) is 0 Å². The summed E-state index contributed by atoms with van der Waals surface area (Å²) in [5, 5.41) is 20.3. The number of nitrogens with zero attached hydrogens (tertiary/aromatic N) is 1. The van der Waals surface area contributed by atoms with Crippen LogP contribution in [0, 0.1) is 0 Å². The van der Waals surface area contributed by atoms with Crippen molar-refractivity contribution in [2.75, 3.05) is 11.9 Å². The van der Waals surface area contributed by atoms with Gasteiger partial charge in [0.1, 0.15) is 0 Å². The Bertz CT molecular complexity index is 436. The summed E-state index contributed by atoms with van der Waals surface area (Å²) in [6, 6.07) is 5.74. The molecule has 0 radical (unpaired) electrons. The van der Waals surface area contributed by atoms with E-state index in [4.69, 9.17) is 11.6 Å². The van der Waals surface area contributed by atoms with Crippen LogP contribution in [0.15, 0.2) is 18.2 Å². The first-order valence-corrected chi connectivity index (χ1v) is 7.27. The summed E-state index contributed by atoms with van der Waals surface area (Å²) in [6.45, 7) is 1.72. The lowest BCUT2D eigenvalue weighted by atomic mass is 9.91. The van der Waals surface area contributed by atoms with Gasteiger partial charge in [-0.1, -0.05) is 30.5 Å². The van der Waals surface area contributed by atoms with Gasteiger partial charge < -0.3 is 15.1 Å². The smallest absolute Gasteiger partial charge is 0.0762 e. The van der Waals surface area contributed by atoms with E-state index in [1.165, 1.54) is 0 Å². The van der Waals surface area contributed by atoms with Gasteiger partial charge in [-0.3, -0.25) is 0 Å². The monoisotopic (exact) mass is 283 g/mol. The molecule has 1 fully saturated rings. The lowest BCUT2D eigenvalue weighted by molar-refractivity contribution is 0.106. The number of anilines is 1. The Balaban J connectivity index is 2.21. The molecule has 1 aliphatic rings. The molecular formula is C15H22ClNO2. The van der Waals surface area contributed by atoms with Crippen LogP contribution in [-0.4, -0.2) is 29.4 Å². The van der Waals surface area contributed by atoms with Crippen LogP contribution in [0.1, 0.15) is 44.3 Å². The summed E-state index contributed by atoms with van der Waals surface area (Å²) >= 11 is 6.30. The van der Waals surface area contributed by atoms with Gasteiger partial charge in [0.25, 0.3) is 0 Å². The molecule has 0 aliphatic heterocycles. The molecule has 0 amide bonds. The van der Waals surface area contributed by atoms with E-state index in [-0.39, 0.29) is 12.1 Å². The van der Waals surface area contributed by atoms with Gasteiger partial charge in [0, 0.05) is 7.05 Å². The van der Waals surface area contributed by atoms with Gasteiger partial charge in [0.15, 0.2) is 0 Å². The molecule has 0 aromatic heterocycles.